The number of benzene rings is 1. The van der Waals surface area contributed by atoms with Crippen LogP contribution in [0.2, 0.25) is 0 Å². The average Bonchev–Trinajstić information content (AvgIpc) is 2.86. The van der Waals surface area contributed by atoms with Gasteiger partial charge >= 0.3 is 11.9 Å². The van der Waals surface area contributed by atoms with Crippen molar-refractivity contribution in [2.75, 3.05) is 7.11 Å². The van der Waals surface area contributed by atoms with E-state index in [4.69, 9.17) is 4.74 Å². The summed E-state index contributed by atoms with van der Waals surface area (Å²) in [5.41, 5.74) is -1.21. The van der Waals surface area contributed by atoms with Crippen molar-refractivity contribution < 1.29 is 28.9 Å². The molecule has 1 atom stereocenters. The molecule has 1 aromatic rings. The van der Waals surface area contributed by atoms with Crippen molar-refractivity contribution >= 4 is 23.3 Å². The van der Waals surface area contributed by atoms with Crippen LogP contribution in [0.5, 0.6) is 0 Å². The highest BCUT2D eigenvalue weighted by atomic mass is 16.6. The molecule has 0 saturated carbocycles. The lowest BCUT2D eigenvalue weighted by molar-refractivity contribution is -0.394. The maximum Gasteiger partial charge on any atom is 0.338 e. The Balaban J connectivity index is 2.53. The number of nitro benzene ring substituents is 2. The van der Waals surface area contributed by atoms with Crippen LogP contribution in [0.4, 0.5) is 11.4 Å². The Hall–Kier alpha value is -3.04. The summed E-state index contributed by atoms with van der Waals surface area (Å²) in [6, 6.07) is 2.88. The molecule has 1 aromatic carbocycles. The zero-order valence-electron chi connectivity index (χ0n) is 21.6. The Bertz CT molecular complexity index is 811. The molecule has 0 aliphatic rings. The Morgan fingerprint density at radius 2 is 1.25 bits per heavy atom. The van der Waals surface area contributed by atoms with Gasteiger partial charge in [0.25, 0.3) is 11.4 Å². The average molecular weight is 509 g/mol. The molecule has 0 saturated heterocycles. The fraction of sp³-hybridized carbons (Fsp3) is 0.692. The monoisotopic (exact) mass is 508 g/mol. The van der Waals surface area contributed by atoms with Crippen molar-refractivity contribution in [2.45, 2.75) is 109 Å². The number of esters is 2. The molecule has 0 aliphatic heterocycles. The molecule has 0 aromatic heterocycles. The second-order valence-corrected chi connectivity index (χ2v) is 9.07. The molecular formula is C26H40N2O8. The van der Waals surface area contributed by atoms with E-state index in [0.29, 0.717) is 19.3 Å². The van der Waals surface area contributed by atoms with Crippen molar-refractivity contribution in [3.05, 3.63) is 44.0 Å². The number of hydrogen-bond donors (Lipinski definition) is 0. The summed E-state index contributed by atoms with van der Waals surface area (Å²) < 4.78 is 10.3. The van der Waals surface area contributed by atoms with Crippen LogP contribution in [0.3, 0.4) is 0 Å². The number of nitrogens with zero attached hydrogens (tertiary/aromatic N) is 2. The quantitative estimate of drug-likeness (QED) is 0.0788. The van der Waals surface area contributed by atoms with E-state index in [2.05, 4.69) is 11.7 Å². The molecule has 10 nitrogen and oxygen atoms in total. The van der Waals surface area contributed by atoms with Gasteiger partial charge in [-0.2, -0.15) is 0 Å². The Morgan fingerprint density at radius 3 is 1.72 bits per heavy atom. The number of carbonyl (C=O) groups is 2. The Kier molecular flexibility index (Phi) is 15.7. The minimum Gasteiger partial charge on any atom is -0.469 e. The largest absolute Gasteiger partial charge is 0.469 e. The third-order valence-corrected chi connectivity index (χ3v) is 6.10. The smallest absolute Gasteiger partial charge is 0.338 e. The van der Waals surface area contributed by atoms with E-state index >= 15 is 0 Å². The number of methoxy groups -OCH3 is 1. The molecule has 0 N–H and O–H groups in total. The van der Waals surface area contributed by atoms with Gasteiger partial charge in [-0.1, -0.05) is 64.7 Å². The van der Waals surface area contributed by atoms with Gasteiger partial charge in [0, 0.05) is 18.6 Å². The highest BCUT2D eigenvalue weighted by Crippen LogP contribution is 2.25. The molecule has 0 spiro atoms. The highest BCUT2D eigenvalue weighted by molar-refractivity contribution is 5.91. The van der Waals surface area contributed by atoms with Gasteiger partial charge in [-0.25, -0.2) is 4.79 Å². The molecule has 0 aliphatic carbocycles. The first kappa shape index (κ1) is 31.0. The van der Waals surface area contributed by atoms with E-state index in [1.54, 1.807) is 0 Å². The Labute approximate surface area is 213 Å². The lowest BCUT2D eigenvalue weighted by Crippen LogP contribution is -2.19. The van der Waals surface area contributed by atoms with E-state index in [1.807, 2.05) is 0 Å². The van der Waals surface area contributed by atoms with Crippen molar-refractivity contribution in [2.24, 2.45) is 0 Å². The third-order valence-electron chi connectivity index (χ3n) is 6.10. The molecular weight excluding hydrogens is 468 g/mol. The summed E-state index contributed by atoms with van der Waals surface area (Å²) in [6.45, 7) is 2.12. The van der Waals surface area contributed by atoms with E-state index in [9.17, 15) is 29.8 Å². The predicted octanol–water partition coefficient (Wildman–Crippen LogP) is 7.07. The van der Waals surface area contributed by atoms with Crippen LogP contribution in [0, 0.1) is 20.2 Å². The first-order valence-electron chi connectivity index (χ1n) is 13.0. The van der Waals surface area contributed by atoms with Gasteiger partial charge in [-0.3, -0.25) is 25.0 Å². The number of nitro groups is 2. The van der Waals surface area contributed by atoms with Crippen molar-refractivity contribution in [1.29, 1.82) is 0 Å². The minimum absolute atomic E-state index is 0.163. The van der Waals surface area contributed by atoms with Crippen LogP contribution in [0.25, 0.3) is 0 Å². The van der Waals surface area contributed by atoms with Crippen molar-refractivity contribution in [3.8, 4) is 0 Å². The summed E-state index contributed by atoms with van der Waals surface area (Å²) in [5, 5.41) is 22.3. The second-order valence-electron chi connectivity index (χ2n) is 9.07. The topological polar surface area (TPSA) is 139 Å². The fourth-order valence-corrected chi connectivity index (χ4v) is 4.01. The van der Waals surface area contributed by atoms with Gasteiger partial charge in [0.05, 0.1) is 28.6 Å². The molecule has 0 bridgehead atoms. The van der Waals surface area contributed by atoms with Crippen LogP contribution in [0.15, 0.2) is 18.2 Å². The minimum atomic E-state index is -0.769. The molecule has 0 radical (unpaired) electrons. The summed E-state index contributed by atoms with van der Waals surface area (Å²) >= 11 is 0. The molecule has 0 unspecified atom stereocenters. The maximum absolute atomic E-state index is 12.7. The van der Waals surface area contributed by atoms with Crippen LogP contribution in [0.1, 0.15) is 114 Å². The zero-order valence-corrected chi connectivity index (χ0v) is 21.6. The first-order valence-corrected chi connectivity index (χ1v) is 13.0. The maximum atomic E-state index is 12.7. The van der Waals surface area contributed by atoms with Gasteiger partial charge in [0.2, 0.25) is 0 Å². The number of unbranched alkanes of at least 4 members (excludes halogenated alkanes) is 10. The van der Waals surface area contributed by atoms with Crippen LogP contribution < -0.4 is 0 Å². The molecule has 0 amide bonds. The molecule has 1 rings (SSSR count). The van der Waals surface area contributed by atoms with Gasteiger partial charge < -0.3 is 9.47 Å². The molecule has 0 heterocycles. The number of carbonyl (C=O) groups excluding carboxylic acids is 2. The number of rotatable bonds is 20. The summed E-state index contributed by atoms with van der Waals surface area (Å²) in [7, 11) is 1.40. The van der Waals surface area contributed by atoms with Crippen LogP contribution in [-0.4, -0.2) is 35.0 Å². The standard InChI is InChI=1S/C26H40N2O8/c1-3-4-5-12-15-24(16-13-10-8-6-7-9-11-14-17-25(29)35-2)36-26(30)21-18-22(27(31)32)20-23(19-21)28(33)34/h18-20,24H,3-17H2,1-2H3/t24-/m0/s1. The van der Waals surface area contributed by atoms with Gasteiger partial charge in [0.15, 0.2) is 0 Å². The summed E-state index contributed by atoms with van der Waals surface area (Å²) in [4.78, 5) is 44.6. The summed E-state index contributed by atoms with van der Waals surface area (Å²) in [6.07, 6.45) is 13.8. The molecule has 10 heteroatoms. The van der Waals surface area contributed by atoms with E-state index in [-0.39, 0.29) is 17.6 Å². The highest BCUT2D eigenvalue weighted by Gasteiger charge is 2.23. The molecule has 0 fully saturated rings. The predicted molar refractivity (Wildman–Crippen MR) is 136 cm³/mol. The summed E-state index contributed by atoms with van der Waals surface area (Å²) in [5.74, 6) is -0.932. The first-order chi connectivity index (χ1) is 17.3. The number of ether oxygens (including phenoxy) is 2. The number of hydrogen-bond acceptors (Lipinski definition) is 8. The lowest BCUT2D eigenvalue weighted by Gasteiger charge is -2.18. The van der Waals surface area contributed by atoms with E-state index in [1.165, 1.54) is 7.11 Å². The van der Waals surface area contributed by atoms with Crippen LogP contribution >= 0.6 is 0 Å². The third kappa shape index (κ3) is 13.2. The molecule has 202 valence electrons. The fourth-order valence-electron chi connectivity index (χ4n) is 4.01. The second kappa shape index (κ2) is 18.3. The normalized spacial score (nSPS) is 11.6. The van der Waals surface area contributed by atoms with Gasteiger partial charge in [-0.15, -0.1) is 0 Å². The van der Waals surface area contributed by atoms with Crippen molar-refractivity contribution in [3.63, 3.8) is 0 Å². The van der Waals surface area contributed by atoms with Gasteiger partial charge in [-0.05, 0) is 32.1 Å². The number of non-ortho nitro benzene ring substituents is 2. The van der Waals surface area contributed by atoms with Crippen LogP contribution in [-0.2, 0) is 14.3 Å². The van der Waals surface area contributed by atoms with E-state index < -0.39 is 27.2 Å². The van der Waals surface area contributed by atoms with Crippen molar-refractivity contribution in [1.82, 2.24) is 0 Å². The lowest BCUT2D eigenvalue weighted by atomic mass is 10.0. The van der Waals surface area contributed by atoms with E-state index in [0.717, 1.165) is 95.2 Å². The SMILES string of the molecule is CCCCCC[C@@H](CCCCCCCCCCC(=O)OC)OC(=O)c1cc([N+](=O)[O-])cc([N+](=O)[O-])c1. The molecule has 36 heavy (non-hydrogen) atoms. The zero-order chi connectivity index (χ0) is 26.8. The van der Waals surface area contributed by atoms with Gasteiger partial charge in [0.1, 0.15) is 6.10 Å². The Morgan fingerprint density at radius 1 is 0.778 bits per heavy atom.